The Balaban J connectivity index is 2.54. The van der Waals surface area contributed by atoms with Crippen LogP contribution in [0.1, 0.15) is 39.5 Å². The molecule has 1 unspecified atom stereocenters. The maximum absolute atomic E-state index is 6.11. The second-order valence-electron chi connectivity index (χ2n) is 4.63. The summed E-state index contributed by atoms with van der Waals surface area (Å²) in [6.07, 6.45) is 5.48. The van der Waals surface area contributed by atoms with E-state index in [0.717, 1.165) is 5.92 Å². The fourth-order valence-corrected chi connectivity index (χ4v) is 2.51. The van der Waals surface area contributed by atoms with Crippen molar-refractivity contribution in [3.05, 3.63) is 0 Å². The van der Waals surface area contributed by atoms with Crippen LogP contribution in [0.25, 0.3) is 0 Å². The lowest BCUT2D eigenvalue weighted by Gasteiger charge is -2.35. The lowest BCUT2D eigenvalue weighted by atomic mass is 9.84. The molecule has 72 valence electrons. The normalized spacial score (nSPS) is 23.0. The first kappa shape index (κ1) is 10.0. The first-order valence-corrected chi connectivity index (χ1v) is 5.02. The van der Waals surface area contributed by atoms with Crippen LogP contribution in [-0.2, 0) is 0 Å². The van der Waals surface area contributed by atoms with Crippen molar-refractivity contribution in [2.75, 3.05) is 7.05 Å². The fraction of sp³-hybridized carbons (Fsp3) is 1.00. The van der Waals surface area contributed by atoms with Crippen molar-refractivity contribution >= 4 is 0 Å². The molecule has 0 radical (unpaired) electrons. The molecule has 0 spiro atoms. The van der Waals surface area contributed by atoms with Crippen LogP contribution in [0.5, 0.6) is 0 Å². The van der Waals surface area contributed by atoms with Gasteiger partial charge in [0.15, 0.2) is 0 Å². The van der Waals surface area contributed by atoms with E-state index in [2.05, 4.69) is 19.2 Å². The molecule has 1 aliphatic carbocycles. The summed E-state index contributed by atoms with van der Waals surface area (Å²) < 4.78 is 0. The van der Waals surface area contributed by atoms with Crippen molar-refractivity contribution in [1.29, 1.82) is 0 Å². The molecule has 0 aliphatic heterocycles. The lowest BCUT2D eigenvalue weighted by Crippen LogP contribution is -2.55. The van der Waals surface area contributed by atoms with Gasteiger partial charge in [-0.1, -0.05) is 12.8 Å². The third-order valence-corrected chi connectivity index (χ3v) is 2.98. The number of hydrogen-bond donors (Lipinski definition) is 2. The molecule has 0 saturated heterocycles. The molecule has 1 fully saturated rings. The first-order valence-electron chi connectivity index (χ1n) is 5.02. The van der Waals surface area contributed by atoms with Crippen LogP contribution < -0.4 is 11.1 Å². The van der Waals surface area contributed by atoms with Crippen molar-refractivity contribution < 1.29 is 0 Å². The van der Waals surface area contributed by atoms with E-state index in [1.807, 2.05) is 7.05 Å². The minimum Gasteiger partial charge on any atom is -0.324 e. The quantitative estimate of drug-likeness (QED) is 0.673. The van der Waals surface area contributed by atoms with Crippen molar-refractivity contribution in [3.63, 3.8) is 0 Å². The SMILES string of the molecule is CNC(C1CCCC1)C(C)(C)N. The molecule has 1 saturated carbocycles. The van der Waals surface area contributed by atoms with Crippen LogP contribution in [0, 0.1) is 5.92 Å². The zero-order chi connectivity index (χ0) is 9.19. The Bertz CT molecular complexity index is 131. The number of nitrogens with one attached hydrogen (secondary N) is 1. The highest BCUT2D eigenvalue weighted by Crippen LogP contribution is 2.31. The van der Waals surface area contributed by atoms with Crippen molar-refractivity contribution in [2.24, 2.45) is 11.7 Å². The molecule has 12 heavy (non-hydrogen) atoms. The van der Waals surface area contributed by atoms with Crippen LogP contribution in [0.15, 0.2) is 0 Å². The van der Waals surface area contributed by atoms with Crippen molar-refractivity contribution in [2.45, 2.75) is 51.1 Å². The Morgan fingerprint density at radius 2 is 1.83 bits per heavy atom. The van der Waals surface area contributed by atoms with Crippen LogP contribution in [0.4, 0.5) is 0 Å². The summed E-state index contributed by atoms with van der Waals surface area (Å²) in [4.78, 5) is 0. The molecule has 0 amide bonds. The molecule has 1 rings (SSSR count). The van der Waals surface area contributed by atoms with E-state index in [1.54, 1.807) is 0 Å². The second kappa shape index (κ2) is 3.75. The molecule has 1 atom stereocenters. The maximum atomic E-state index is 6.11. The minimum atomic E-state index is -0.0796. The highest BCUT2D eigenvalue weighted by atomic mass is 15.0. The van der Waals surface area contributed by atoms with Crippen LogP contribution >= 0.6 is 0 Å². The molecule has 2 heteroatoms. The largest absolute Gasteiger partial charge is 0.324 e. The molecular formula is C10H22N2. The monoisotopic (exact) mass is 170 g/mol. The van der Waals surface area contributed by atoms with Gasteiger partial charge in [0.2, 0.25) is 0 Å². The predicted octanol–water partition coefficient (Wildman–Crippen LogP) is 1.50. The second-order valence-corrected chi connectivity index (χ2v) is 4.63. The molecule has 3 N–H and O–H groups in total. The standard InChI is InChI=1S/C10H22N2/c1-10(2,11)9(12-3)8-6-4-5-7-8/h8-9,12H,4-7,11H2,1-3H3. The number of likely N-dealkylation sites (N-methyl/N-ethyl adjacent to an activating group) is 1. The third-order valence-electron chi connectivity index (χ3n) is 2.98. The van der Waals surface area contributed by atoms with Crippen molar-refractivity contribution in [3.8, 4) is 0 Å². The molecule has 1 aliphatic rings. The Labute approximate surface area is 75.9 Å². The smallest absolute Gasteiger partial charge is 0.0267 e. The zero-order valence-corrected chi connectivity index (χ0v) is 8.56. The van der Waals surface area contributed by atoms with Gasteiger partial charge in [0.25, 0.3) is 0 Å². The Morgan fingerprint density at radius 3 is 2.17 bits per heavy atom. The van der Waals surface area contributed by atoms with Gasteiger partial charge in [-0.3, -0.25) is 0 Å². The number of rotatable bonds is 3. The summed E-state index contributed by atoms with van der Waals surface area (Å²) >= 11 is 0. The van der Waals surface area contributed by atoms with Gasteiger partial charge in [-0.25, -0.2) is 0 Å². The summed E-state index contributed by atoms with van der Waals surface area (Å²) in [6, 6.07) is 0.486. The number of hydrogen-bond acceptors (Lipinski definition) is 2. The Morgan fingerprint density at radius 1 is 1.33 bits per heavy atom. The van der Waals surface area contributed by atoms with E-state index in [0.29, 0.717) is 6.04 Å². The topological polar surface area (TPSA) is 38.0 Å². The summed E-state index contributed by atoms with van der Waals surface area (Å²) in [5, 5.41) is 3.36. The van der Waals surface area contributed by atoms with Gasteiger partial charge < -0.3 is 11.1 Å². The molecular weight excluding hydrogens is 148 g/mol. The van der Waals surface area contributed by atoms with E-state index in [1.165, 1.54) is 25.7 Å². The van der Waals surface area contributed by atoms with Gasteiger partial charge in [0, 0.05) is 11.6 Å². The molecule has 0 aromatic carbocycles. The van der Waals surface area contributed by atoms with E-state index >= 15 is 0 Å². The van der Waals surface area contributed by atoms with Gasteiger partial charge in [-0.05, 0) is 39.7 Å². The first-order chi connectivity index (χ1) is 5.55. The predicted molar refractivity (Wildman–Crippen MR) is 53.1 cm³/mol. The summed E-state index contributed by atoms with van der Waals surface area (Å²) in [6.45, 7) is 4.24. The van der Waals surface area contributed by atoms with Gasteiger partial charge in [-0.2, -0.15) is 0 Å². The fourth-order valence-electron chi connectivity index (χ4n) is 2.51. The average molecular weight is 170 g/mol. The highest BCUT2D eigenvalue weighted by molar-refractivity contribution is 4.93. The van der Waals surface area contributed by atoms with Crippen LogP contribution in [-0.4, -0.2) is 18.6 Å². The molecule has 0 aromatic heterocycles. The average Bonchev–Trinajstić information content (AvgIpc) is 2.38. The van der Waals surface area contributed by atoms with E-state index in [9.17, 15) is 0 Å². The van der Waals surface area contributed by atoms with E-state index in [4.69, 9.17) is 5.73 Å². The van der Waals surface area contributed by atoms with Crippen LogP contribution in [0.3, 0.4) is 0 Å². The summed E-state index contributed by atoms with van der Waals surface area (Å²) in [5.41, 5.74) is 6.03. The Kier molecular flexibility index (Phi) is 3.13. The van der Waals surface area contributed by atoms with Gasteiger partial charge in [-0.15, -0.1) is 0 Å². The number of nitrogens with two attached hydrogens (primary N) is 1. The summed E-state index contributed by atoms with van der Waals surface area (Å²) in [7, 11) is 2.03. The Hall–Kier alpha value is -0.0800. The van der Waals surface area contributed by atoms with Gasteiger partial charge >= 0.3 is 0 Å². The molecule has 2 nitrogen and oxygen atoms in total. The third kappa shape index (κ3) is 2.20. The van der Waals surface area contributed by atoms with Crippen LogP contribution in [0.2, 0.25) is 0 Å². The van der Waals surface area contributed by atoms with Gasteiger partial charge in [0.1, 0.15) is 0 Å². The summed E-state index contributed by atoms with van der Waals surface area (Å²) in [5.74, 6) is 0.801. The van der Waals surface area contributed by atoms with Crippen molar-refractivity contribution in [1.82, 2.24) is 5.32 Å². The maximum Gasteiger partial charge on any atom is 0.0267 e. The molecule has 0 bridgehead atoms. The molecule has 0 heterocycles. The van der Waals surface area contributed by atoms with E-state index < -0.39 is 0 Å². The highest BCUT2D eigenvalue weighted by Gasteiger charge is 2.32. The zero-order valence-electron chi connectivity index (χ0n) is 8.56. The van der Waals surface area contributed by atoms with E-state index in [-0.39, 0.29) is 5.54 Å². The lowest BCUT2D eigenvalue weighted by molar-refractivity contribution is 0.263. The minimum absolute atomic E-state index is 0.0796. The molecule has 0 aromatic rings. The van der Waals surface area contributed by atoms with Gasteiger partial charge in [0.05, 0.1) is 0 Å².